The van der Waals surface area contributed by atoms with E-state index in [2.05, 4.69) is 65.4 Å². The highest BCUT2D eigenvalue weighted by Crippen LogP contribution is 2.48. The van der Waals surface area contributed by atoms with Crippen molar-refractivity contribution >= 4 is 8.40 Å². The molecule has 0 saturated heterocycles. The van der Waals surface area contributed by atoms with Crippen LogP contribution < -0.4 is 9.96 Å². The lowest BCUT2D eigenvalue weighted by Gasteiger charge is -2.47. The molecule has 2 atom stereocenters. The van der Waals surface area contributed by atoms with E-state index in [1.54, 1.807) is 43.8 Å². The monoisotopic (exact) mass is 466 g/mol. The summed E-state index contributed by atoms with van der Waals surface area (Å²) in [5.41, 5.74) is 9.48. The molecule has 0 amide bonds. The summed E-state index contributed by atoms with van der Waals surface area (Å²) in [5, 5.41) is 3.52. The second-order valence-electron chi connectivity index (χ2n) is 11.8. The van der Waals surface area contributed by atoms with Crippen molar-refractivity contribution in [3.8, 4) is 0 Å². The SMILES string of the molecule is CC1=C(C)C(C)C([Si](NC2CCCCC2)(NC2CCCCC2)C2=C(C)C(C)=C(C)C2C)=C1C. The van der Waals surface area contributed by atoms with E-state index in [4.69, 9.17) is 0 Å². The molecular formula is C30H50N2Si. The summed E-state index contributed by atoms with van der Waals surface area (Å²) in [6.07, 6.45) is 13.8. The molecule has 0 spiro atoms. The first-order chi connectivity index (χ1) is 15.7. The van der Waals surface area contributed by atoms with Gasteiger partial charge in [0.25, 0.3) is 8.40 Å². The molecule has 184 valence electrons. The maximum absolute atomic E-state index is 4.56. The minimum Gasteiger partial charge on any atom is -0.316 e. The highest BCUT2D eigenvalue weighted by atomic mass is 28.3. The number of hydrogen-bond donors (Lipinski definition) is 2. The highest BCUT2D eigenvalue weighted by molar-refractivity contribution is 6.89. The average Bonchev–Trinajstić information content (AvgIpc) is 3.13. The molecule has 3 heteroatoms. The van der Waals surface area contributed by atoms with Gasteiger partial charge < -0.3 is 9.96 Å². The molecule has 4 aliphatic carbocycles. The quantitative estimate of drug-likeness (QED) is 0.388. The smallest absolute Gasteiger partial charge is 0.261 e. The largest absolute Gasteiger partial charge is 0.316 e. The van der Waals surface area contributed by atoms with Crippen LogP contribution in [0, 0.1) is 11.8 Å². The van der Waals surface area contributed by atoms with Gasteiger partial charge in [-0.1, -0.05) is 63.5 Å². The Morgan fingerprint density at radius 2 is 0.848 bits per heavy atom. The van der Waals surface area contributed by atoms with E-state index in [0.29, 0.717) is 23.9 Å². The van der Waals surface area contributed by atoms with Crippen LogP contribution in [0.2, 0.25) is 0 Å². The van der Waals surface area contributed by atoms with Crippen LogP contribution in [0.25, 0.3) is 0 Å². The van der Waals surface area contributed by atoms with E-state index in [1.165, 1.54) is 64.2 Å². The fourth-order valence-corrected chi connectivity index (χ4v) is 13.6. The van der Waals surface area contributed by atoms with Crippen molar-refractivity contribution in [2.24, 2.45) is 11.8 Å². The van der Waals surface area contributed by atoms with Gasteiger partial charge in [0.05, 0.1) is 0 Å². The Balaban J connectivity index is 1.90. The van der Waals surface area contributed by atoms with Crippen LogP contribution in [0.15, 0.2) is 43.8 Å². The molecule has 0 heterocycles. The predicted octanol–water partition coefficient (Wildman–Crippen LogP) is 7.96. The van der Waals surface area contributed by atoms with Crippen LogP contribution in [0.4, 0.5) is 0 Å². The Morgan fingerprint density at radius 3 is 1.12 bits per heavy atom. The molecule has 2 saturated carbocycles. The Morgan fingerprint density at radius 1 is 0.515 bits per heavy atom. The Kier molecular flexibility index (Phi) is 7.63. The third-order valence-corrected chi connectivity index (χ3v) is 15.1. The molecule has 2 fully saturated rings. The standard InChI is InChI=1S/C30H50N2Si/c1-19-20(2)24(6)29(23(19)5)33(31-27-15-11-9-12-16-27,32-28-17-13-10-14-18-28)30-25(7)21(3)22(4)26(30)8/h23,25,27-28,31-32H,9-18H2,1-8H3. The lowest BCUT2D eigenvalue weighted by Crippen LogP contribution is -2.72. The van der Waals surface area contributed by atoms with Crippen molar-refractivity contribution in [2.45, 2.75) is 132 Å². The Labute approximate surface area is 205 Å². The predicted molar refractivity (Wildman–Crippen MR) is 146 cm³/mol. The van der Waals surface area contributed by atoms with E-state index in [1.807, 2.05) is 0 Å². The third-order valence-electron chi connectivity index (χ3n) is 10.1. The molecule has 2 N–H and O–H groups in total. The molecule has 0 aromatic heterocycles. The van der Waals surface area contributed by atoms with Gasteiger partial charge in [-0.25, -0.2) is 0 Å². The van der Waals surface area contributed by atoms with E-state index in [9.17, 15) is 0 Å². The number of rotatable bonds is 6. The van der Waals surface area contributed by atoms with Crippen molar-refractivity contribution in [3.63, 3.8) is 0 Å². The molecule has 0 aliphatic heterocycles. The molecule has 0 radical (unpaired) electrons. The van der Waals surface area contributed by atoms with Crippen LogP contribution in [-0.2, 0) is 0 Å². The van der Waals surface area contributed by atoms with Crippen LogP contribution in [0.5, 0.6) is 0 Å². The summed E-state index contributed by atoms with van der Waals surface area (Å²) in [6.45, 7) is 19.4. The first kappa shape index (κ1) is 25.2. The fraction of sp³-hybridized carbons (Fsp3) is 0.733. The van der Waals surface area contributed by atoms with E-state index >= 15 is 0 Å². The van der Waals surface area contributed by atoms with Gasteiger partial charge >= 0.3 is 0 Å². The maximum Gasteiger partial charge on any atom is 0.261 e. The molecule has 0 aromatic rings. The van der Waals surface area contributed by atoms with Gasteiger partial charge in [0.2, 0.25) is 0 Å². The second-order valence-corrected chi connectivity index (χ2v) is 15.0. The summed E-state index contributed by atoms with van der Waals surface area (Å²) in [7, 11) is -2.35. The van der Waals surface area contributed by atoms with Crippen LogP contribution >= 0.6 is 0 Å². The normalized spacial score (nSPS) is 28.7. The zero-order valence-corrected chi connectivity index (χ0v) is 23.9. The summed E-state index contributed by atoms with van der Waals surface area (Å²) < 4.78 is 0. The molecule has 33 heavy (non-hydrogen) atoms. The summed E-state index contributed by atoms with van der Waals surface area (Å²) in [5.74, 6) is 1.08. The summed E-state index contributed by atoms with van der Waals surface area (Å²) >= 11 is 0. The van der Waals surface area contributed by atoms with Gasteiger partial charge in [-0.2, -0.15) is 0 Å². The molecule has 0 aromatic carbocycles. The van der Waals surface area contributed by atoms with Gasteiger partial charge in [-0.05, 0) is 112 Å². The zero-order valence-electron chi connectivity index (χ0n) is 22.9. The van der Waals surface area contributed by atoms with Gasteiger partial charge in [-0.3, -0.25) is 0 Å². The maximum atomic E-state index is 4.56. The third kappa shape index (κ3) is 4.43. The summed E-state index contributed by atoms with van der Waals surface area (Å²) in [4.78, 5) is 9.13. The average molecular weight is 467 g/mol. The molecule has 0 bridgehead atoms. The van der Waals surface area contributed by atoms with Gasteiger partial charge in [0.15, 0.2) is 0 Å². The minimum atomic E-state index is -2.35. The highest BCUT2D eigenvalue weighted by Gasteiger charge is 2.52. The van der Waals surface area contributed by atoms with Crippen molar-refractivity contribution in [3.05, 3.63) is 43.8 Å². The molecule has 4 aliphatic rings. The van der Waals surface area contributed by atoms with Crippen LogP contribution in [0.3, 0.4) is 0 Å². The van der Waals surface area contributed by atoms with Gasteiger partial charge in [0.1, 0.15) is 0 Å². The van der Waals surface area contributed by atoms with Crippen molar-refractivity contribution in [2.75, 3.05) is 0 Å². The first-order valence-corrected chi connectivity index (χ1v) is 16.0. The lowest BCUT2D eigenvalue weighted by molar-refractivity contribution is 0.390. The minimum absolute atomic E-state index is 0.539. The molecular weight excluding hydrogens is 416 g/mol. The van der Waals surface area contributed by atoms with E-state index < -0.39 is 8.40 Å². The summed E-state index contributed by atoms with van der Waals surface area (Å²) in [6, 6.07) is 1.31. The van der Waals surface area contributed by atoms with Gasteiger partial charge in [-0.15, -0.1) is 0 Å². The molecule has 2 nitrogen and oxygen atoms in total. The molecule has 4 rings (SSSR count). The van der Waals surface area contributed by atoms with Crippen molar-refractivity contribution in [1.29, 1.82) is 0 Å². The number of allylic oxidation sites excluding steroid dienone is 8. The fourth-order valence-electron chi connectivity index (χ4n) is 7.54. The first-order valence-electron chi connectivity index (χ1n) is 14.0. The lowest BCUT2D eigenvalue weighted by atomic mass is 9.96. The Bertz CT molecular complexity index is 816. The topological polar surface area (TPSA) is 24.1 Å². The number of nitrogens with one attached hydrogen (secondary N) is 2. The zero-order chi connectivity index (χ0) is 23.9. The van der Waals surface area contributed by atoms with Crippen LogP contribution in [0.1, 0.15) is 120 Å². The van der Waals surface area contributed by atoms with Crippen molar-refractivity contribution in [1.82, 2.24) is 9.96 Å². The van der Waals surface area contributed by atoms with E-state index in [-0.39, 0.29) is 0 Å². The van der Waals surface area contributed by atoms with E-state index in [0.717, 1.165) is 0 Å². The molecule has 2 unspecified atom stereocenters. The van der Waals surface area contributed by atoms with Crippen molar-refractivity contribution < 1.29 is 0 Å². The van der Waals surface area contributed by atoms with Gasteiger partial charge in [0, 0.05) is 12.1 Å². The van der Waals surface area contributed by atoms with Crippen LogP contribution in [-0.4, -0.2) is 20.5 Å². The Hall–Kier alpha value is -0.903. The second kappa shape index (κ2) is 9.99. The number of hydrogen-bond acceptors (Lipinski definition) is 2.